The number of anilines is 1. The van der Waals surface area contributed by atoms with Gasteiger partial charge in [-0.25, -0.2) is 4.21 Å². The Morgan fingerprint density at radius 1 is 1.10 bits per heavy atom. The number of ether oxygens (including phenoxy) is 1. The lowest BCUT2D eigenvalue weighted by Gasteiger charge is -2.37. The fourth-order valence-corrected chi connectivity index (χ4v) is 3.85. The molecule has 0 amide bonds. The Labute approximate surface area is 188 Å². The van der Waals surface area contributed by atoms with Crippen LogP contribution in [0.15, 0.2) is 46.8 Å². The van der Waals surface area contributed by atoms with Crippen LogP contribution in [-0.2, 0) is 15.1 Å². The number of piperazine rings is 1. The summed E-state index contributed by atoms with van der Waals surface area (Å²) in [5, 5.41) is 11.4. The van der Waals surface area contributed by atoms with Crippen LogP contribution in [0.25, 0.3) is 0 Å². The minimum absolute atomic E-state index is 0.190. The lowest BCUT2D eigenvalue weighted by Crippen LogP contribution is -2.49. The first-order valence-electron chi connectivity index (χ1n) is 9.51. The molecule has 1 fully saturated rings. The number of nitrogens with zero attached hydrogens (tertiary/aromatic N) is 3. The summed E-state index contributed by atoms with van der Waals surface area (Å²) >= 11 is 12.1. The highest BCUT2D eigenvalue weighted by Crippen LogP contribution is 2.27. The van der Waals surface area contributed by atoms with Crippen LogP contribution in [0.5, 0.6) is 5.75 Å². The van der Waals surface area contributed by atoms with Crippen LogP contribution >= 0.6 is 23.2 Å². The average Bonchev–Trinajstić information content (AvgIpc) is 2.75. The smallest absolute Gasteiger partial charge is 0.156 e. The number of benzene rings is 2. The van der Waals surface area contributed by atoms with Gasteiger partial charge in [-0.2, -0.15) is 4.36 Å². The van der Waals surface area contributed by atoms with Crippen LogP contribution in [0.1, 0.15) is 0 Å². The molecule has 2 atom stereocenters. The minimum atomic E-state index is -2.04. The predicted octanol–water partition coefficient (Wildman–Crippen LogP) is 3.41. The van der Waals surface area contributed by atoms with Crippen molar-refractivity contribution >= 4 is 45.5 Å². The number of rotatable bonds is 8. The number of β-amino-alcohol motifs (C(OH)–C–C–N with tert-alkyl or cyclic N) is 1. The van der Waals surface area contributed by atoms with Crippen molar-refractivity contribution in [2.45, 2.75) is 6.10 Å². The van der Waals surface area contributed by atoms with E-state index in [9.17, 15) is 9.32 Å². The largest absolute Gasteiger partial charge is 0.491 e. The van der Waals surface area contributed by atoms with Crippen LogP contribution in [0.2, 0.25) is 10.0 Å². The number of aliphatic hydroxyl groups excluding tert-OH is 1. The molecule has 0 radical (unpaired) electrons. The van der Waals surface area contributed by atoms with E-state index in [4.69, 9.17) is 27.9 Å². The molecule has 2 unspecified atom stereocenters. The van der Waals surface area contributed by atoms with Crippen LogP contribution in [0.4, 0.5) is 11.4 Å². The van der Waals surface area contributed by atoms with E-state index in [0.29, 0.717) is 28.0 Å². The molecule has 2 aromatic carbocycles. The molecule has 1 N–H and O–H groups in total. The number of hydrogen-bond acceptors (Lipinski definition) is 7. The number of aliphatic hydroxyl groups is 1. The summed E-state index contributed by atoms with van der Waals surface area (Å²) in [7, 11) is -0.700. The molecular weight excluding hydrogens is 449 g/mol. The van der Waals surface area contributed by atoms with Gasteiger partial charge in [0.25, 0.3) is 0 Å². The molecular formula is C20H25Cl2N3O4S. The maximum atomic E-state index is 11.3. The van der Waals surface area contributed by atoms with Crippen LogP contribution in [0.3, 0.4) is 0 Å². The van der Waals surface area contributed by atoms with Crippen LogP contribution in [0, 0.1) is 0 Å². The Balaban J connectivity index is 1.42. The van der Waals surface area contributed by atoms with Crippen molar-refractivity contribution in [2.75, 3.05) is 51.3 Å². The molecule has 0 saturated carbocycles. The van der Waals surface area contributed by atoms with Crippen LogP contribution < -0.4 is 9.64 Å². The maximum Gasteiger partial charge on any atom is 0.156 e. The van der Waals surface area contributed by atoms with Gasteiger partial charge in [-0.1, -0.05) is 23.2 Å². The third kappa shape index (κ3) is 6.73. The van der Waals surface area contributed by atoms with Crippen molar-refractivity contribution in [3.63, 3.8) is 0 Å². The lowest BCUT2D eigenvalue weighted by atomic mass is 10.2. The summed E-state index contributed by atoms with van der Waals surface area (Å²) in [4.78, 5) is 4.47. The molecule has 3 rings (SSSR count). The Bertz CT molecular complexity index is 915. The minimum Gasteiger partial charge on any atom is -0.491 e. The summed E-state index contributed by atoms with van der Waals surface area (Å²) < 4.78 is 25.4. The zero-order valence-electron chi connectivity index (χ0n) is 16.6. The van der Waals surface area contributed by atoms with Crippen molar-refractivity contribution in [1.82, 2.24) is 4.90 Å². The van der Waals surface area contributed by atoms with Crippen molar-refractivity contribution in [1.29, 1.82) is 0 Å². The van der Waals surface area contributed by atoms with Crippen molar-refractivity contribution < 1.29 is 18.2 Å². The van der Waals surface area contributed by atoms with E-state index in [1.807, 2.05) is 18.2 Å². The first kappa shape index (κ1) is 23.1. The molecule has 10 heteroatoms. The first-order valence-corrected chi connectivity index (χ1v) is 11.4. The molecule has 1 heterocycles. The molecule has 0 aromatic heterocycles. The Morgan fingerprint density at radius 3 is 2.43 bits per heavy atom. The SMILES string of the molecule is CO[SH](=O)=Nc1ccc(OCC(O)CN2CCN(c3ccc(Cl)c(Cl)c3)CC2)cc1. The molecule has 2 aromatic rings. The fourth-order valence-electron chi connectivity index (χ4n) is 3.16. The van der Waals surface area contributed by atoms with E-state index in [-0.39, 0.29) is 6.61 Å². The van der Waals surface area contributed by atoms with Gasteiger partial charge in [0.15, 0.2) is 10.9 Å². The first-order chi connectivity index (χ1) is 14.4. The predicted molar refractivity (Wildman–Crippen MR) is 122 cm³/mol. The van der Waals surface area contributed by atoms with E-state index < -0.39 is 17.0 Å². The second kappa shape index (κ2) is 11.2. The maximum absolute atomic E-state index is 11.3. The van der Waals surface area contributed by atoms with E-state index in [1.165, 1.54) is 7.11 Å². The number of hydrogen-bond donors (Lipinski definition) is 2. The van der Waals surface area contributed by atoms with E-state index in [1.54, 1.807) is 24.3 Å². The van der Waals surface area contributed by atoms with E-state index in [0.717, 1.165) is 31.9 Å². The lowest BCUT2D eigenvalue weighted by molar-refractivity contribution is 0.0663. The summed E-state index contributed by atoms with van der Waals surface area (Å²) in [5.74, 6) is 0.616. The number of halogens is 2. The molecule has 30 heavy (non-hydrogen) atoms. The number of thiol groups is 1. The quantitative estimate of drug-likeness (QED) is 0.572. The van der Waals surface area contributed by atoms with Crippen molar-refractivity contribution in [3.05, 3.63) is 52.5 Å². The van der Waals surface area contributed by atoms with E-state index in [2.05, 4.69) is 18.3 Å². The monoisotopic (exact) mass is 473 g/mol. The van der Waals surface area contributed by atoms with Gasteiger partial charge in [-0.3, -0.25) is 9.08 Å². The zero-order chi connectivity index (χ0) is 21.5. The summed E-state index contributed by atoms with van der Waals surface area (Å²) in [5.41, 5.74) is 1.60. The van der Waals surface area contributed by atoms with Gasteiger partial charge in [-0.15, -0.1) is 0 Å². The second-order valence-corrected chi connectivity index (χ2v) is 8.72. The summed E-state index contributed by atoms with van der Waals surface area (Å²) in [6.45, 7) is 4.10. The van der Waals surface area contributed by atoms with E-state index >= 15 is 0 Å². The molecule has 0 spiro atoms. The van der Waals surface area contributed by atoms with Gasteiger partial charge in [0, 0.05) is 38.4 Å². The van der Waals surface area contributed by atoms with Crippen molar-refractivity contribution in [2.24, 2.45) is 4.36 Å². The third-order valence-corrected chi connectivity index (χ3v) is 6.19. The normalized spacial score (nSPS) is 17.1. The molecule has 0 aliphatic carbocycles. The van der Waals surface area contributed by atoms with Gasteiger partial charge in [0.05, 0.1) is 22.8 Å². The van der Waals surface area contributed by atoms with Gasteiger partial charge in [0.2, 0.25) is 0 Å². The average molecular weight is 474 g/mol. The third-order valence-electron chi connectivity index (χ3n) is 4.74. The molecule has 1 saturated heterocycles. The van der Waals surface area contributed by atoms with Gasteiger partial charge < -0.3 is 14.7 Å². The zero-order valence-corrected chi connectivity index (χ0v) is 19.0. The van der Waals surface area contributed by atoms with Gasteiger partial charge in [0.1, 0.15) is 18.5 Å². The molecule has 1 aliphatic rings. The topological polar surface area (TPSA) is 74.6 Å². The second-order valence-electron chi connectivity index (χ2n) is 6.87. The Kier molecular flexibility index (Phi) is 8.61. The van der Waals surface area contributed by atoms with Crippen molar-refractivity contribution in [3.8, 4) is 5.75 Å². The standard InChI is InChI=1S/C20H25Cl2N3O4S/c1-28-30(27)23-15-2-5-18(6-3-15)29-14-17(26)13-24-8-10-25(11-9-24)16-4-7-19(21)20(22)12-16/h2-7,12,17,26,30H,8-11,13-14H2,1H3. The highest BCUT2D eigenvalue weighted by molar-refractivity contribution is 7.69. The Hall–Kier alpha value is -1.55. The summed E-state index contributed by atoms with van der Waals surface area (Å²) in [6.07, 6.45) is -0.603. The molecule has 7 nitrogen and oxygen atoms in total. The van der Waals surface area contributed by atoms with Gasteiger partial charge in [-0.05, 0) is 42.5 Å². The Morgan fingerprint density at radius 2 is 1.80 bits per heavy atom. The van der Waals surface area contributed by atoms with Gasteiger partial charge >= 0.3 is 0 Å². The molecule has 1 aliphatic heterocycles. The molecule has 0 bridgehead atoms. The highest BCUT2D eigenvalue weighted by Gasteiger charge is 2.20. The highest BCUT2D eigenvalue weighted by atomic mass is 35.5. The summed E-state index contributed by atoms with van der Waals surface area (Å²) in [6, 6.07) is 12.5. The van der Waals surface area contributed by atoms with Crippen LogP contribution in [-0.4, -0.2) is 66.8 Å². The fraction of sp³-hybridized carbons (Fsp3) is 0.400. The molecule has 164 valence electrons.